The number of ether oxygens (including phenoxy) is 1. The van der Waals surface area contributed by atoms with Crippen LogP contribution in [0.15, 0.2) is 12.1 Å². The molecule has 0 spiro atoms. The standard InChI is InChI=1S/C10H12N4O3/c11-6(9(12)16)3-5-1-2-7-10(13-5)14-8(15)4-17-7/h1-2,6H,3-4,11H2,(H2,12,16)(H,13,14,15). The molecule has 0 bridgehead atoms. The Bertz CT molecular complexity index is 475. The molecule has 1 aromatic rings. The highest BCUT2D eigenvalue weighted by atomic mass is 16.5. The summed E-state index contributed by atoms with van der Waals surface area (Å²) in [6, 6.07) is 2.56. The number of fused-ring (bicyclic) bond motifs is 1. The maximum atomic E-state index is 11.1. The van der Waals surface area contributed by atoms with Crippen LogP contribution < -0.4 is 21.5 Å². The van der Waals surface area contributed by atoms with E-state index >= 15 is 0 Å². The summed E-state index contributed by atoms with van der Waals surface area (Å²) in [7, 11) is 0. The molecule has 90 valence electrons. The lowest BCUT2D eigenvalue weighted by molar-refractivity contribution is -0.119. The van der Waals surface area contributed by atoms with Gasteiger partial charge >= 0.3 is 0 Å². The van der Waals surface area contributed by atoms with Crippen LogP contribution in [-0.2, 0) is 16.0 Å². The second-order valence-corrected chi connectivity index (χ2v) is 3.70. The molecule has 5 N–H and O–H groups in total. The number of primary amides is 1. The zero-order valence-corrected chi connectivity index (χ0v) is 8.97. The van der Waals surface area contributed by atoms with Crippen LogP contribution in [-0.4, -0.2) is 29.4 Å². The van der Waals surface area contributed by atoms with Crippen molar-refractivity contribution in [2.24, 2.45) is 11.5 Å². The largest absolute Gasteiger partial charge is 0.480 e. The van der Waals surface area contributed by atoms with Crippen molar-refractivity contribution in [2.75, 3.05) is 11.9 Å². The minimum Gasteiger partial charge on any atom is -0.480 e. The number of nitrogens with two attached hydrogens (primary N) is 2. The summed E-state index contributed by atoms with van der Waals surface area (Å²) in [5.74, 6) is -0.0115. The minimum absolute atomic E-state index is 0.0190. The Morgan fingerprint density at radius 3 is 3.06 bits per heavy atom. The van der Waals surface area contributed by atoms with Gasteiger partial charge in [-0.1, -0.05) is 0 Å². The third kappa shape index (κ3) is 2.51. The number of nitrogens with zero attached hydrogens (tertiary/aromatic N) is 1. The van der Waals surface area contributed by atoms with Crippen molar-refractivity contribution in [1.82, 2.24) is 4.98 Å². The molecule has 1 aliphatic rings. The molecule has 0 aliphatic carbocycles. The van der Waals surface area contributed by atoms with Crippen molar-refractivity contribution in [1.29, 1.82) is 0 Å². The summed E-state index contributed by atoms with van der Waals surface area (Å²) in [5.41, 5.74) is 11.1. The lowest BCUT2D eigenvalue weighted by atomic mass is 10.1. The van der Waals surface area contributed by atoms with E-state index in [0.717, 1.165) is 0 Å². The average molecular weight is 236 g/mol. The first-order chi connectivity index (χ1) is 8.06. The Hall–Kier alpha value is -2.15. The predicted molar refractivity (Wildman–Crippen MR) is 59.2 cm³/mol. The topological polar surface area (TPSA) is 120 Å². The summed E-state index contributed by atoms with van der Waals surface area (Å²) in [4.78, 5) is 26.1. The van der Waals surface area contributed by atoms with Crippen molar-refractivity contribution in [2.45, 2.75) is 12.5 Å². The van der Waals surface area contributed by atoms with E-state index in [2.05, 4.69) is 10.3 Å². The number of hydrogen-bond donors (Lipinski definition) is 3. The second-order valence-electron chi connectivity index (χ2n) is 3.70. The number of amides is 2. The third-order valence-corrected chi connectivity index (χ3v) is 2.33. The van der Waals surface area contributed by atoms with E-state index in [1.807, 2.05) is 0 Å². The van der Waals surface area contributed by atoms with Gasteiger partial charge in [0.25, 0.3) is 5.91 Å². The van der Waals surface area contributed by atoms with Crippen molar-refractivity contribution >= 4 is 17.6 Å². The molecule has 1 unspecified atom stereocenters. The number of carbonyl (C=O) groups is 2. The van der Waals surface area contributed by atoms with Crippen LogP contribution in [0.5, 0.6) is 5.75 Å². The lowest BCUT2D eigenvalue weighted by Gasteiger charge is -2.17. The van der Waals surface area contributed by atoms with Gasteiger partial charge in [-0.15, -0.1) is 0 Å². The Balaban J connectivity index is 2.18. The molecule has 1 aromatic heterocycles. The molecule has 0 fully saturated rings. The second kappa shape index (κ2) is 4.38. The molecule has 17 heavy (non-hydrogen) atoms. The smallest absolute Gasteiger partial charge is 0.263 e. The van der Waals surface area contributed by atoms with Gasteiger partial charge in [-0.3, -0.25) is 9.59 Å². The molecule has 7 nitrogen and oxygen atoms in total. The Morgan fingerprint density at radius 2 is 2.35 bits per heavy atom. The number of carbonyl (C=O) groups excluding carboxylic acids is 2. The summed E-state index contributed by atoms with van der Waals surface area (Å²) in [5, 5.41) is 2.57. The van der Waals surface area contributed by atoms with Crippen molar-refractivity contribution in [3.8, 4) is 5.75 Å². The Kier molecular flexibility index (Phi) is 2.92. The fourth-order valence-corrected chi connectivity index (χ4v) is 1.44. The van der Waals surface area contributed by atoms with Crippen LogP contribution in [0.25, 0.3) is 0 Å². The Morgan fingerprint density at radius 1 is 1.59 bits per heavy atom. The molecule has 1 aliphatic heterocycles. The summed E-state index contributed by atoms with van der Waals surface area (Å²) in [6.45, 7) is -0.0190. The van der Waals surface area contributed by atoms with E-state index < -0.39 is 11.9 Å². The highest BCUT2D eigenvalue weighted by Crippen LogP contribution is 2.25. The number of anilines is 1. The zero-order chi connectivity index (χ0) is 12.4. The van der Waals surface area contributed by atoms with E-state index in [9.17, 15) is 9.59 Å². The highest BCUT2D eigenvalue weighted by molar-refractivity contribution is 5.94. The molecule has 1 atom stereocenters. The summed E-state index contributed by atoms with van der Waals surface area (Å²) >= 11 is 0. The average Bonchev–Trinajstić information content (AvgIpc) is 2.28. The number of nitrogens with one attached hydrogen (secondary N) is 1. The van der Waals surface area contributed by atoms with E-state index in [1.165, 1.54) is 0 Å². The Labute approximate surface area is 97.1 Å². The molecular weight excluding hydrogens is 224 g/mol. The molecule has 7 heteroatoms. The molecule has 0 radical (unpaired) electrons. The van der Waals surface area contributed by atoms with Gasteiger partial charge in [0.05, 0.1) is 6.04 Å². The van der Waals surface area contributed by atoms with Gasteiger partial charge in [-0.2, -0.15) is 0 Å². The molecule has 2 rings (SSSR count). The molecule has 2 heterocycles. The van der Waals surface area contributed by atoms with Gasteiger partial charge in [0.1, 0.15) is 0 Å². The third-order valence-electron chi connectivity index (χ3n) is 2.33. The fourth-order valence-electron chi connectivity index (χ4n) is 1.44. The van der Waals surface area contributed by atoms with Crippen molar-refractivity contribution < 1.29 is 14.3 Å². The number of pyridine rings is 1. The number of aromatic nitrogens is 1. The van der Waals surface area contributed by atoms with E-state index in [1.54, 1.807) is 12.1 Å². The first-order valence-electron chi connectivity index (χ1n) is 5.03. The first kappa shape index (κ1) is 11.3. The highest BCUT2D eigenvalue weighted by Gasteiger charge is 2.18. The molecule has 0 saturated carbocycles. The summed E-state index contributed by atoms with van der Waals surface area (Å²) in [6.07, 6.45) is 0.221. The number of hydrogen-bond acceptors (Lipinski definition) is 5. The van der Waals surface area contributed by atoms with Crippen LogP contribution in [0.2, 0.25) is 0 Å². The molecule has 0 saturated heterocycles. The quantitative estimate of drug-likeness (QED) is 0.606. The van der Waals surface area contributed by atoms with Crippen LogP contribution in [0.4, 0.5) is 5.82 Å². The van der Waals surface area contributed by atoms with Gasteiger partial charge in [-0.05, 0) is 12.1 Å². The van der Waals surface area contributed by atoms with Gasteiger partial charge < -0.3 is 21.5 Å². The predicted octanol–water partition coefficient (Wildman–Crippen LogP) is -1.23. The fraction of sp³-hybridized carbons (Fsp3) is 0.300. The minimum atomic E-state index is -0.791. The van der Waals surface area contributed by atoms with Gasteiger partial charge in [0.15, 0.2) is 18.2 Å². The van der Waals surface area contributed by atoms with Crippen LogP contribution in [0.1, 0.15) is 5.69 Å². The maximum absolute atomic E-state index is 11.1. The van der Waals surface area contributed by atoms with Crippen LogP contribution >= 0.6 is 0 Å². The zero-order valence-electron chi connectivity index (χ0n) is 8.97. The van der Waals surface area contributed by atoms with E-state index in [0.29, 0.717) is 17.3 Å². The molecule has 2 amide bonds. The van der Waals surface area contributed by atoms with Gasteiger partial charge in [-0.25, -0.2) is 4.98 Å². The van der Waals surface area contributed by atoms with Crippen LogP contribution in [0.3, 0.4) is 0 Å². The monoisotopic (exact) mass is 236 g/mol. The van der Waals surface area contributed by atoms with Crippen molar-refractivity contribution in [3.05, 3.63) is 17.8 Å². The number of rotatable bonds is 3. The SMILES string of the molecule is NC(=O)C(N)Cc1ccc2c(n1)NC(=O)CO2. The molecule has 0 aromatic carbocycles. The lowest BCUT2D eigenvalue weighted by Crippen LogP contribution is -2.38. The van der Waals surface area contributed by atoms with Crippen molar-refractivity contribution in [3.63, 3.8) is 0 Å². The normalized spacial score (nSPS) is 15.5. The van der Waals surface area contributed by atoms with E-state index in [-0.39, 0.29) is 18.9 Å². The first-order valence-corrected chi connectivity index (χ1v) is 5.03. The maximum Gasteiger partial charge on any atom is 0.263 e. The summed E-state index contributed by atoms with van der Waals surface area (Å²) < 4.78 is 5.15. The van der Waals surface area contributed by atoms with Crippen LogP contribution in [0, 0.1) is 0 Å². The van der Waals surface area contributed by atoms with E-state index in [4.69, 9.17) is 16.2 Å². The van der Waals surface area contributed by atoms with Gasteiger partial charge in [0, 0.05) is 12.1 Å². The van der Waals surface area contributed by atoms with Gasteiger partial charge in [0.2, 0.25) is 5.91 Å². The molecular formula is C10H12N4O3.